The lowest BCUT2D eigenvalue weighted by molar-refractivity contribution is -0.132. The number of ether oxygens (including phenoxy) is 2. The van der Waals surface area contributed by atoms with Crippen molar-refractivity contribution in [2.75, 3.05) is 53.5 Å². The quantitative estimate of drug-likeness (QED) is 0.613. The number of benzene rings is 1. The van der Waals surface area contributed by atoms with Gasteiger partial charge in [-0.2, -0.15) is 4.31 Å². The van der Waals surface area contributed by atoms with Gasteiger partial charge in [-0.15, -0.1) is 0 Å². The van der Waals surface area contributed by atoms with Crippen molar-refractivity contribution in [2.24, 2.45) is 5.92 Å². The van der Waals surface area contributed by atoms with Gasteiger partial charge in [0.15, 0.2) is 11.5 Å². The maximum absolute atomic E-state index is 13.1. The van der Waals surface area contributed by atoms with Crippen molar-refractivity contribution >= 4 is 15.9 Å². The number of nitrogens with zero attached hydrogens (tertiary/aromatic N) is 3. The van der Waals surface area contributed by atoms with Crippen LogP contribution in [0.4, 0.5) is 0 Å². The number of methoxy groups -OCH3 is 2. The van der Waals surface area contributed by atoms with E-state index in [1.54, 1.807) is 6.07 Å². The number of piperazine rings is 1. The Morgan fingerprint density at radius 1 is 1.03 bits per heavy atom. The Kier molecular flexibility index (Phi) is 7.26. The monoisotopic (exact) mass is 439 g/mol. The Balaban J connectivity index is 1.62. The molecule has 0 spiro atoms. The fourth-order valence-corrected chi connectivity index (χ4v) is 5.52. The van der Waals surface area contributed by atoms with E-state index in [1.807, 2.05) is 4.90 Å². The van der Waals surface area contributed by atoms with Crippen molar-refractivity contribution in [2.45, 2.75) is 37.6 Å². The van der Waals surface area contributed by atoms with E-state index in [0.717, 1.165) is 25.9 Å². The molecule has 2 aliphatic heterocycles. The molecule has 0 radical (unpaired) electrons. The molecule has 0 bridgehead atoms. The summed E-state index contributed by atoms with van der Waals surface area (Å²) in [6.45, 7) is 7.77. The standard InChI is InChI=1S/C21H33N3O5S/c1-16(2)7-9-23-10-8-18(21(23)25)22-11-13-24(14-12-22)30(26,27)17-5-6-19(28-3)20(15-17)29-4/h5-6,15-16,18H,7-14H2,1-4H3. The van der Waals surface area contributed by atoms with Crippen molar-refractivity contribution in [3.8, 4) is 11.5 Å². The predicted octanol–water partition coefficient (Wildman–Crippen LogP) is 1.66. The van der Waals surface area contributed by atoms with Gasteiger partial charge in [-0.3, -0.25) is 9.69 Å². The van der Waals surface area contributed by atoms with E-state index in [0.29, 0.717) is 43.6 Å². The van der Waals surface area contributed by atoms with Gasteiger partial charge in [-0.1, -0.05) is 13.8 Å². The highest BCUT2D eigenvalue weighted by Crippen LogP contribution is 2.31. The van der Waals surface area contributed by atoms with Gasteiger partial charge in [-0.05, 0) is 30.9 Å². The fraction of sp³-hybridized carbons (Fsp3) is 0.667. The molecule has 0 aromatic heterocycles. The first kappa shape index (κ1) is 22.8. The first-order valence-electron chi connectivity index (χ1n) is 10.5. The lowest BCUT2D eigenvalue weighted by Gasteiger charge is -2.36. The molecule has 2 aliphatic rings. The Bertz CT molecular complexity index is 850. The van der Waals surface area contributed by atoms with Gasteiger partial charge in [0.1, 0.15) is 0 Å². The minimum absolute atomic E-state index is 0.122. The lowest BCUT2D eigenvalue weighted by Crippen LogP contribution is -2.53. The normalized spacial score (nSPS) is 21.4. The zero-order chi connectivity index (χ0) is 21.9. The number of amides is 1. The van der Waals surface area contributed by atoms with Gasteiger partial charge in [0.05, 0.1) is 25.2 Å². The van der Waals surface area contributed by atoms with Crippen LogP contribution in [0.2, 0.25) is 0 Å². The third-order valence-corrected chi connectivity index (χ3v) is 7.85. The number of hydrogen-bond acceptors (Lipinski definition) is 6. The summed E-state index contributed by atoms with van der Waals surface area (Å²) >= 11 is 0. The SMILES string of the molecule is COc1ccc(S(=O)(=O)N2CCN(C3CCN(CCC(C)C)C3=O)CC2)cc1OC. The second-order valence-corrected chi connectivity index (χ2v) is 10.2. The molecule has 0 aliphatic carbocycles. The summed E-state index contributed by atoms with van der Waals surface area (Å²) in [4.78, 5) is 17.1. The molecule has 168 valence electrons. The molecular weight excluding hydrogens is 406 g/mol. The molecular formula is C21H33N3O5S. The largest absolute Gasteiger partial charge is 0.493 e. The lowest BCUT2D eigenvalue weighted by atomic mass is 10.1. The molecule has 2 saturated heterocycles. The van der Waals surface area contributed by atoms with Crippen LogP contribution >= 0.6 is 0 Å². The van der Waals surface area contributed by atoms with Crippen molar-refractivity contribution in [1.29, 1.82) is 0 Å². The number of sulfonamides is 1. The van der Waals surface area contributed by atoms with Crippen molar-refractivity contribution in [3.63, 3.8) is 0 Å². The molecule has 1 aromatic rings. The van der Waals surface area contributed by atoms with E-state index >= 15 is 0 Å². The Morgan fingerprint density at radius 2 is 1.70 bits per heavy atom. The smallest absolute Gasteiger partial charge is 0.243 e. The molecule has 1 aromatic carbocycles. The summed E-state index contributed by atoms with van der Waals surface area (Å²) in [6, 6.07) is 4.51. The molecule has 2 heterocycles. The second-order valence-electron chi connectivity index (χ2n) is 8.27. The van der Waals surface area contributed by atoms with Gasteiger partial charge in [0.2, 0.25) is 15.9 Å². The van der Waals surface area contributed by atoms with Gasteiger partial charge < -0.3 is 14.4 Å². The molecule has 0 saturated carbocycles. The van der Waals surface area contributed by atoms with Crippen LogP contribution in [0.25, 0.3) is 0 Å². The van der Waals surface area contributed by atoms with Gasteiger partial charge in [-0.25, -0.2) is 8.42 Å². The summed E-state index contributed by atoms with van der Waals surface area (Å²) in [5.74, 6) is 1.63. The number of carbonyl (C=O) groups excluding carboxylic acids is 1. The summed E-state index contributed by atoms with van der Waals surface area (Å²) in [5, 5.41) is 0. The summed E-state index contributed by atoms with van der Waals surface area (Å²) < 4.78 is 38.1. The van der Waals surface area contributed by atoms with Crippen LogP contribution in [0, 0.1) is 5.92 Å². The minimum Gasteiger partial charge on any atom is -0.493 e. The molecule has 1 atom stereocenters. The van der Waals surface area contributed by atoms with Crippen LogP contribution in [0.15, 0.2) is 23.1 Å². The van der Waals surface area contributed by atoms with Crippen molar-refractivity contribution in [3.05, 3.63) is 18.2 Å². The first-order valence-corrected chi connectivity index (χ1v) is 12.0. The third-order valence-electron chi connectivity index (χ3n) is 5.95. The molecule has 1 amide bonds. The number of rotatable bonds is 8. The average Bonchev–Trinajstić information content (AvgIpc) is 3.12. The highest BCUT2D eigenvalue weighted by Gasteiger charge is 2.38. The van der Waals surface area contributed by atoms with E-state index in [-0.39, 0.29) is 16.8 Å². The van der Waals surface area contributed by atoms with E-state index in [1.165, 1.54) is 30.7 Å². The summed E-state index contributed by atoms with van der Waals surface area (Å²) in [5.41, 5.74) is 0. The van der Waals surface area contributed by atoms with Crippen molar-refractivity contribution in [1.82, 2.24) is 14.1 Å². The van der Waals surface area contributed by atoms with Gasteiger partial charge >= 0.3 is 0 Å². The number of hydrogen-bond donors (Lipinski definition) is 0. The van der Waals surface area contributed by atoms with Crippen LogP contribution in [0.3, 0.4) is 0 Å². The van der Waals surface area contributed by atoms with Crippen LogP contribution in [-0.4, -0.2) is 88.0 Å². The zero-order valence-electron chi connectivity index (χ0n) is 18.3. The van der Waals surface area contributed by atoms with Crippen LogP contribution in [-0.2, 0) is 14.8 Å². The Hall–Kier alpha value is -1.84. The van der Waals surface area contributed by atoms with Crippen LogP contribution in [0.5, 0.6) is 11.5 Å². The zero-order valence-corrected chi connectivity index (χ0v) is 19.2. The van der Waals surface area contributed by atoms with E-state index in [4.69, 9.17) is 9.47 Å². The molecule has 8 nitrogen and oxygen atoms in total. The fourth-order valence-electron chi connectivity index (χ4n) is 4.08. The van der Waals surface area contributed by atoms with Crippen LogP contribution < -0.4 is 9.47 Å². The summed E-state index contributed by atoms with van der Waals surface area (Å²) in [6.07, 6.45) is 1.83. The van der Waals surface area contributed by atoms with Gasteiger partial charge in [0, 0.05) is 45.3 Å². The minimum atomic E-state index is -3.63. The third kappa shape index (κ3) is 4.73. The maximum atomic E-state index is 13.1. The highest BCUT2D eigenvalue weighted by atomic mass is 32.2. The number of carbonyl (C=O) groups is 1. The molecule has 3 rings (SSSR count). The highest BCUT2D eigenvalue weighted by molar-refractivity contribution is 7.89. The molecule has 2 fully saturated rings. The Morgan fingerprint density at radius 3 is 2.30 bits per heavy atom. The van der Waals surface area contributed by atoms with Crippen molar-refractivity contribution < 1.29 is 22.7 Å². The molecule has 1 unspecified atom stereocenters. The van der Waals surface area contributed by atoms with Crippen LogP contribution in [0.1, 0.15) is 26.7 Å². The first-order chi connectivity index (χ1) is 14.3. The summed E-state index contributed by atoms with van der Waals surface area (Å²) in [7, 11) is -0.638. The van der Waals surface area contributed by atoms with E-state index in [9.17, 15) is 13.2 Å². The molecule has 0 N–H and O–H groups in total. The molecule has 9 heteroatoms. The topological polar surface area (TPSA) is 79.4 Å². The number of likely N-dealkylation sites (tertiary alicyclic amines) is 1. The second kappa shape index (κ2) is 9.53. The maximum Gasteiger partial charge on any atom is 0.243 e. The van der Waals surface area contributed by atoms with E-state index in [2.05, 4.69) is 18.7 Å². The molecule has 30 heavy (non-hydrogen) atoms. The van der Waals surface area contributed by atoms with E-state index < -0.39 is 10.0 Å². The predicted molar refractivity (Wildman–Crippen MR) is 114 cm³/mol. The van der Waals surface area contributed by atoms with Gasteiger partial charge in [0.25, 0.3) is 0 Å². The Labute approximate surface area is 179 Å². The average molecular weight is 440 g/mol.